The van der Waals surface area contributed by atoms with E-state index in [9.17, 15) is 19.5 Å². The van der Waals surface area contributed by atoms with E-state index in [0.29, 0.717) is 23.6 Å². The molecule has 12 heteroatoms. The van der Waals surface area contributed by atoms with Crippen molar-refractivity contribution in [2.45, 2.75) is 57.6 Å². The van der Waals surface area contributed by atoms with Crippen molar-refractivity contribution in [3.05, 3.63) is 69.1 Å². The molecule has 0 radical (unpaired) electrons. The fourth-order valence-electron chi connectivity index (χ4n) is 4.63. The van der Waals surface area contributed by atoms with Gasteiger partial charge in [-0.1, -0.05) is 25.1 Å². The number of imidazole rings is 1. The van der Waals surface area contributed by atoms with Gasteiger partial charge < -0.3 is 29.0 Å². The van der Waals surface area contributed by atoms with E-state index in [4.69, 9.17) is 18.9 Å². The summed E-state index contributed by atoms with van der Waals surface area (Å²) in [5, 5.41) is 9.97. The lowest BCUT2D eigenvalue weighted by Gasteiger charge is -2.20. The Labute approximate surface area is 204 Å². The van der Waals surface area contributed by atoms with E-state index in [-0.39, 0.29) is 24.3 Å². The minimum absolute atomic E-state index is 0.0947. The minimum Gasteiger partial charge on any atom is -0.427 e. The highest BCUT2D eigenvalue weighted by atomic mass is 16.8. The van der Waals surface area contributed by atoms with Crippen LogP contribution in [0.5, 0.6) is 5.75 Å². The van der Waals surface area contributed by atoms with Crippen LogP contribution in [0.1, 0.15) is 37.8 Å². The predicted octanol–water partition coefficient (Wildman–Crippen LogP) is 0.932. The Morgan fingerprint density at radius 3 is 2.58 bits per heavy atom. The zero-order valence-corrected chi connectivity index (χ0v) is 19.7. The van der Waals surface area contributed by atoms with Crippen LogP contribution in [-0.4, -0.2) is 55.1 Å². The number of hydrogen-bond acceptors (Lipinski definition) is 9. The van der Waals surface area contributed by atoms with Crippen molar-refractivity contribution >= 4 is 17.1 Å². The topological polar surface area (TPSA) is 147 Å². The molecule has 2 saturated heterocycles. The molecular weight excluding hydrogens is 472 g/mol. The second-order valence-corrected chi connectivity index (χ2v) is 8.53. The highest BCUT2D eigenvalue weighted by molar-refractivity contribution is 5.71. The average Bonchev–Trinajstić information content (AvgIpc) is 3.50. The summed E-state index contributed by atoms with van der Waals surface area (Å²) in [4.78, 5) is 44.7. The van der Waals surface area contributed by atoms with Crippen molar-refractivity contribution in [1.29, 1.82) is 0 Å². The molecule has 5 rings (SSSR count). The molecular formula is C24H26N4O8. The number of hydrogen-bond donors (Lipinski definition) is 2. The van der Waals surface area contributed by atoms with Gasteiger partial charge in [-0.2, -0.15) is 0 Å². The van der Waals surface area contributed by atoms with E-state index < -0.39 is 48.0 Å². The molecule has 0 spiro atoms. The number of H-pyrrole nitrogens is 1. The van der Waals surface area contributed by atoms with Crippen molar-refractivity contribution in [3.8, 4) is 5.75 Å². The lowest BCUT2D eigenvalue weighted by molar-refractivity contribution is -0.154. The first-order valence-electron chi connectivity index (χ1n) is 11.6. The smallest absolute Gasteiger partial charge is 0.333 e. The normalized spacial score (nSPS) is 25.2. The van der Waals surface area contributed by atoms with Crippen molar-refractivity contribution in [3.63, 3.8) is 0 Å². The Morgan fingerprint density at radius 2 is 1.94 bits per heavy atom. The summed E-state index contributed by atoms with van der Waals surface area (Å²) in [5.74, 6) is 0.360. The Hall–Kier alpha value is -3.58. The number of carbonyl (C=O) groups is 1. The third-order valence-electron chi connectivity index (χ3n) is 6.20. The molecule has 0 amide bonds. The number of aromatic amines is 1. The number of aliphatic hydroxyl groups is 1. The fraction of sp³-hybridized carbons (Fsp3) is 0.417. The molecule has 0 aliphatic carbocycles. The number of nitrogens with one attached hydrogen (secondary N) is 1. The number of aliphatic hydroxyl groups excluding tert-OH is 1. The molecule has 2 aliphatic heterocycles. The molecule has 36 heavy (non-hydrogen) atoms. The van der Waals surface area contributed by atoms with Crippen LogP contribution in [-0.2, 0) is 32.0 Å². The number of fused-ring (bicyclic) bond motifs is 2. The average molecular weight is 498 g/mol. The summed E-state index contributed by atoms with van der Waals surface area (Å²) in [6.07, 6.45) is -2.08. The van der Waals surface area contributed by atoms with Gasteiger partial charge in [0.25, 0.3) is 5.56 Å². The standard InChI is InChI=1S/C24H26N4O8/c1-4-10-27-17-20(25-16(5-2)26-21(17)31)28(24(27)32)22-19-18(15(11-29)34-22)35-23(36-19)13-6-8-14(9-7-13)33-12(3)30/h4,6-9,15,18-19,22-23,29H,1,5,10-11H2,2-3H3,(H,25,26,31). The highest BCUT2D eigenvalue weighted by Gasteiger charge is 2.54. The lowest BCUT2D eigenvalue weighted by atomic mass is 10.1. The monoisotopic (exact) mass is 498 g/mol. The van der Waals surface area contributed by atoms with Gasteiger partial charge in [0.05, 0.1) is 6.61 Å². The van der Waals surface area contributed by atoms with E-state index >= 15 is 0 Å². The van der Waals surface area contributed by atoms with Crippen LogP contribution in [0.3, 0.4) is 0 Å². The number of aromatic nitrogens is 4. The molecule has 190 valence electrons. The van der Waals surface area contributed by atoms with Gasteiger partial charge in [0, 0.05) is 25.5 Å². The second-order valence-electron chi connectivity index (χ2n) is 8.53. The second kappa shape index (κ2) is 9.47. The van der Waals surface area contributed by atoms with Gasteiger partial charge in [-0.15, -0.1) is 6.58 Å². The first-order valence-corrected chi connectivity index (χ1v) is 11.6. The molecule has 2 aliphatic rings. The van der Waals surface area contributed by atoms with Gasteiger partial charge in [0.2, 0.25) is 0 Å². The molecule has 0 bridgehead atoms. The summed E-state index contributed by atoms with van der Waals surface area (Å²) in [6, 6.07) is 6.63. The lowest BCUT2D eigenvalue weighted by Crippen LogP contribution is -2.34. The van der Waals surface area contributed by atoms with Crippen molar-refractivity contribution < 1.29 is 28.8 Å². The number of allylic oxidation sites excluding steroid dienone is 1. The number of rotatable bonds is 7. The van der Waals surface area contributed by atoms with Crippen LogP contribution in [0.15, 0.2) is 46.5 Å². The summed E-state index contributed by atoms with van der Waals surface area (Å²) >= 11 is 0. The van der Waals surface area contributed by atoms with Gasteiger partial charge >= 0.3 is 11.7 Å². The molecule has 0 saturated carbocycles. The molecule has 3 aromatic rings. The largest absolute Gasteiger partial charge is 0.427 e. The Morgan fingerprint density at radius 1 is 1.22 bits per heavy atom. The minimum atomic E-state index is -1.00. The van der Waals surface area contributed by atoms with Crippen LogP contribution in [0, 0.1) is 0 Å². The predicted molar refractivity (Wildman–Crippen MR) is 125 cm³/mol. The molecule has 5 atom stereocenters. The van der Waals surface area contributed by atoms with Gasteiger partial charge in [0.1, 0.15) is 29.9 Å². The maximum atomic E-state index is 13.5. The number of benzene rings is 1. The van der Waals surface area contributed by atoms with E-state index in [1.807, 2.05) is 6.92 Å². The van der Waals surface area contributed by atoms with Crippen molar-refractivity contribution in [1.82, 2.24) is 19.1 Å². The van der Waals surface area contributed by atoms with E-state index in [2.05, 4.69) is 16.5 Å². The molecule has 2 aromatic heterocycles. The zero-order valence-electron chi connectivity index (χ0n) is 19.7. The number of nitrogens with zero attached hydrogens (tertiary/aromatic N) is 3. The highest BCUT2D eigenvalue weighted by Crippen LogP contribution is 2.44. The van der Waals surface area contributed by atoms with Crippen molar-refractivity contribution in [2.24, 2.45) is 0 Å². The van der Waals surface area contributed by atoms with E-state index in [0.717, 1.165) is 0 Å². The third kappa shape index (κ3) is 3.97. The maximum absolute atomic E-state index is 13.5. The van der Waals surface area contributed by atoms with E-state index in [1.165, 1.54) is 22.1 Å². The number of carbonyl (C=O) groups excluding carboxylic acids is 1. The first kappa shape index (κ1) is 24.1. The number of ether oxygens (including phenoxy) is 4. The molecule has 2 N–H and O–H groups in total. The number of aryl methyl sites for hydroxylation is 1. The van der Waals surface area contributed by atoms with Gasteiger partial charge in [-0.05, 0) is 12.1 Å². The van der Waals surface area contributed by atoms with Crippen LogP contribution in [0.2, 0.25) is 0 Å². The van der Waals surface area contributed by atoms with Crippen LogP contribution < -0.4 is 16.0 Å². The van der Waals surface area contributed by atoms with Crippen molar-refractivity contribution in [2.75, 3.05) is 6.61 Å². The molecule has 2 fully saturated rings. The zero-order chi connectivity index (χ0) is 25.6. The summed E-state index contributed by atoms with van der Waals surface area (Å²) < 4.78 is 25.9. The Balaban J connectivity index is 1.54. The van der Waals surface area contributed by atoms with Gasteiger partial charge in [-0.25, -0.2) is 14.3 Å². The first-order chi connectivity index (χ1) is 17.4. The quantitative estimate of drug-likeness (QED) is 0.276. The van der Waals surface area contributed by atoms with E-state index in [1.54, 1.807) is 24.3 Å². The van der Waals surface area contributed by atoms with Gasteiger partial charge in [-0.3, -0.25) is 14.2 Å². The Kier molecular flexibility index (Phi) is 6.35. The van der Waals surface area contributed by atoms with Gasteiger partial charge in [0.15, 0.2) is 23.7 Å². The summed E-state index contributed by atoms with van der Waals surface area (Å²) in [7, 11) is 0. The van der Waals surface area contributed by atoms with Crippen LogP contribution in [0.25, 0.3) is 11.2 Å². The molecule has 5 unspecified atom stereocenters. The third-order valence-corrected chi connectivity index (χ3v) is 6.20. The fourth-order valence-corrected chi connectivity index (χ4v) is 4.63. The van der Waals surface area contributed by atoms with Crippen LogP contribution in [0.4, 0.5) is 0 Å². The number of esters is 1. The van der Waals surface area contributed by atoms with Crippen LogP contribution >= 0.6 is 0 Å². The molecule has 12 nitrogen and oxygen atoms in total. The Bertz CT molecular complexity index is 1420. The summed E-state index contributed by atoms with van der Waals surface area (Å²) in [5.41, 5.74) is -0.0581. The summed E-state index contributed by atoms with van der Waals surface area (Å²) in [6.45, 7) is 6.56. The molecule has 4 heterocycles. The SMILES string of the molecule is C=CCn1c(=O)n(C2OC(CO)C3OC(c4ccc(OC(C)=O)cc4)OC32)c2nc(CC)[nH]c(=O)c21. The maximum Gasteiger partial charge on any atom is 0.333 e. The molecule has 1 aromatic carbocycles.